The summed E-state index contributed by atoms with van der Waals surface area (Å²) in [5.41, 5.74) is 3.31. The van der Waals surface area contributed by atoms with Crippen molar-refractivity contribution in [2.75, 3.05) is 11.9 Å². The van der Waals surface area contributed by atoms with Gasteiger partial charge in [-0.05, 0) is 49.4 Å². The fourth-order valence-corrected chi connectivity index (χ4v) is 2.86. The molecule has 0 unspecified atom stereocenters. The van der Waals surface area contributed by atoms with Crippen molar-refractivity contribution in [3.8, 4) is 0 Å². The Labute approximate surface area is 122 Å². The van der Waals surface area contributed by atoms with Crippen LogP contribution in [0.1, 0.15) is 49.7 Å². The Balaban J connectivity index is 1.70. The van der Waals surface area contributed by atoms with Gasteiger partial charge in [-0.15, -0.1) is 0 Å². The molecule has 0 spiro atoms. The first-order valence-electron chi connectivity index (χ1n) is 7.77. The van der Waals surface area contributed by atoms with Crippen molar-refractivity contribution in [3.05, 3.63) is 29.3 Å². The molecule has 0 radical (unpaired) electrons. The highest BCUT2D eigenvalue weighted by molar-refractivity contribution is 5.89. The topological polar surface area (TPSA) is 41.1 Å². The van der Waals surface area contributed by atoms with E-state index in [-0.39, 0.29) is 6.03 Å². The lowest BCUT2D eigenvalue weighted by Gasteiger charge is -2.21. The number of urea groups is 1. The Morgan fingerprint density at radius 2 is 1.90 bits per heavy atom. The monoisotopic (exact) mass is 274 g/mol. The summed E-state index contributed by atoms with van der Waals surface area (Å²) >= 11 is 0. The Hall–Kier alpha value is -1.51. The number of benzene rings is 1. The molecular formula is C17H26N2O. The Kier molecular flexibility index (Phi) is 5.45. The lowest BCUT2D eigenvalue weighted by molar-refractivity contribution is 0.250. The predicted molar refractivity (Wildman–Crippen MR) is 84.1 cm³/mol. The van der Waals surface area contributed by atoms with Crippen molar-refractivity contribution in [1.82, 2.24) is 5.32 Å². The number of hydrogen-bond donors (Lipinski definition) is 2. The Morgan fingerprint density at radius 1 is 1.15 bits per heavy atom. The van der Waals surface area contributed by atoms with E-state index in [2.05, 4.69) is 24.5 Å². The number of nitrogens with one attached hydrogen (secondary N) is 2. The molecular weight excluding hydrogens is 248 g/mol. The van der Waals surface area contributed by atoms with Crippen molar-refractivity contribution < 1.29 is 4.79 Å². The van der Waals surface area contributed by atoms with Gasteiger partial charge in [0.1, 0.15) is 0 Å². The van der Waals surface area contributed by atoms with Crippen LogP contribution in [0.5, 0.6) is 0 Å². The molecule has 1 aromatic carbocycles. The van der Waals surface area contributed by atoms with Gasteiger partial charge in [-0.2, -0.15) is 0 Å². The summed E-state index contributed by atoms with van der Waals surface area (Å²) in [5.74, 6) is 0.811. The van der Waals surface area contributed by atoms with Crippen molar-refractivity contribution in [1.29, 1.82) is 0 Å². The van der Waals surface area contributed by atoms with Crippen molar-refractivity contribution >= 4 is 11.7 Å². The molecule has 0 aliphatic heterocycles. The quantitative estimate of drug-likeness (QED) is 0.839. The fraction of sp³-hybridized carbons (Fsp3) is 0.588. The summed E-state index contributed by atoms with van der Waals surface area (Å²) in [7, 11) is 0. The minimum atomic E-state index is -0.0935. The first-order chi connectivity index (χ1) is 9.65. The molecule has 1 saturated carbocycles. The standard InChI is InChI=1S/C17H26N2O/c1-13-8-9-16(12-14(13)2)19-17(20)18-11-10-15-6-4-3-5-7-15/h8-9,12,15H,3-7,10-11H2,1-2H3,(H2,18,19,20). The van der Waals surface area contributed by atoms with Crippen LogP contribution < -0.4 is 10.6 Å². The Bertz CT molecular complexity index is 450. The molecule has 3 heteroatoms. The average Bonchev–Trinajstić information content (AvgIpc) is 2.44. The van der Waals surface area contributed by atoms with Gasteiger partial charge in [-0.25, -0.2) is 4.79 Å². The van der Waals surface area contributed by atoms with Gasteiger partial charge in [-0.3, -0.25) is 0 Å². The van der Waals surface area contributed by atoms with E-state index < -0.39 is 0 Å². The third-order valence-electron chi connectivity index (χ3n) is 4.33. The summed E-state index contributed by atoms with van der Waals surface area (Å²) in [6, 6.07) is 5.90. The second-order valence-corrected chi connectivity index (χ2v) is 5.97. The predicted octanol–water partition coefficient (Wildman–Crippen LogP) is 4.40. The SMILES string of the molecule is Cc1ccc(NC(=O)NCCC2CCCCC2)cc1C. The third kappa shape index (κ3) is 4.55. The summed E-state index contributed by atoms with van der Waals surface area (Å²) in [6.07, 6.45) is 7.89. The maximum absolute atomic E-state index is 11.8. The number of amides is 2. The van der Waals surface area contributed by atoms with E-state index >= 15 is 0 Å². The van der Waals surface area contributed by atoms with E-state index in [0.29, 0.717) is 0 Å². The molecule has 0 saturated heterocycles. The molecule has 1 aliphatic rings. The van der Waals surface area contributed by atoms with Crippen molar-refractivity contribution in [3.63, 3.8) is 0 Å². The molecule has 1 aromatic rings. The molecule has 1 aliphatic carbocycles. The third-order valence-corrected chi connectivity index (χ3v) is 4.33. The van der Waals surface area contributed by atoms with E-state index in [9.17, 15) is 4.79 Å². The molecule has 0 aromatic heterocycles. The number of anilines is 1. The second-order valence-electron chi connectivity index (χ2n) is 5.97. The summed E-state index contributed by atoms with van der Waals surface area (Å²) < 4.78 is 0. The molecule has 110 valence electrons. The molecule has 3 nitrogen and oxygen atoms in total. The first-order valence-corrected chi connectivity index (χ1v) is 7.77. The van der Waals surface area contributed by atoms with Gasteiger partial charge in [0.25, 0.3) is 0 Å². The molecule has 0 heterocycles. The van der Waals surface area contributed by atoms with Gasteiger partial charge < -0.3 is 10.6 Å². The fourth-order valence-electron chi connectivity index (χ4n) is 2.86. The van der Waals surface area contributed by atoms with E-state index in [1.165, 1.54) is 43.2 Å². The molecule has 0 bridgehead atoms. The zero-order valence-electron chi connectivity index (χ0n) is 12.7. The molecule has 0 atom stereocenters. The lowest BCUT2D eigenvalue weighted by Crippen LogP contribution is -2.30. The summed E-state index contributed by atoms with van der Waals surface area (Å²) in [6.45, 7) is 4.91. The van der Waals surface area contributed by atoms with Crippen LogP contribution in [0.15, 0.2) is 18.2 Å². The van der Waals surface area contributed by atoms with Crippen molar-refractivity contribution in [2.24, 2.45) is 5.92 Å². The van der Waals surface area contributed by atoms with Gasteiger partial charge in [-0.1, -0.05) is 38.2 Å². The number of rotatable bonds is 4. The highest BCUT2D eigenvalue weighted by atomic mass is 16.2. The molecule has 2 rings (SSSR count). The average molecular weight is 274 g/mol. The molecule has 1 fully saturated rings. The molecule has 2 N–H and O–H groups in total. The normalized spacial score (nSPS) is 15.9. The minimum Gasteiger partial charge on any atom is -0.338 e. The lowest BCUT2D eigenvalue weighted by atomic mass is 9.87. The van der Waals surface area contributed by atoms with Crippen LogP contribution in [0.2, 0.25) is 0 Å². The second kappa shape index (κ2) is 7.32. The van der Waals surface area contributed by atoms with Gasteiger partial charge in [0.05, 0.1) is 0 Å². The Morgan fingerprint density at radius 3 is 2.60 bits per heavy atom. The zero-order valence-corrected chi connectivity index (χ0v) is 12.7. The maximum Gasteiger partial charge on any atom is 0.319 e. The van der Waals surface area contributed by atoms with Gasteiger partial charge in [0.15, 0.2) is 0 Å². The largest absolute Gasteiger partial charge is 0.338 e. The van der Waals surface area contributed by atoms with Crippen molar-refractivity contribution in [2.45, 2.75) is 52.4 Å². The highest BCUT2D eigenvalue weighted by Crippen LogP contribution is 2.25. The van der Waals surface area contributed by atoms with Crippen LogP contribution in [0.3, 0.4) is 0 Å². The summed E-state index contributed by atoms with van der Waals surface area (Å²) in [5, 5.41) is 5.86. The zero-order chi connectivity index (χ0) is 14.4. The first kappa shape index (κ1) is 14.9. The highest BCUT2D eigenvalue weighted by Gasteiger charge is 2.13. The molecule has 20 heavy (non-hydrogen) atoms. The van der Waals surface area contributed by atoms with Crippen LogP contribution in [-0.2, 0) is 0 Å². The smallest absolute Gasteiger partial charge is 0.319 e. The van der Waals surface area contributed by atoms with E-state index in [1.54, 1.807) is 0 Å². The maximum atomic E-state index is 11.8. The summed E-state index contributed by atoms with van der Waals surface area (Å²) in [4.78, 5) is 11.8. The van der Waals surface area contributed by atoms with Gasteiger partial charge >= 0.3 is 6.03 Å². The van der Waals surface area contributed by atoms with Crippen LogP contribution in [0.25, 0.3) is 0 Å². The van der Waals surface area contributed by atoms with Crippen LogP contribution in [-0.4, -0.2) is 12.6 Å². The van der Waals surface area contributed by atoms with Crippen LogP contribution in [0.4, 0.5) is 10.5 Å². The van der Waals surface area contributed by atoms with Crippen LogP contribution >= 0.6 is 0 Å². The van der Waals surface area contributed by atoms with Gasteiger partial charge in [0.2, 0.25) is 0 Å². The molecule has 2 amide bonds. The number of hydrogen-bond acceptors (Lipinski definition) is 1. The number of aryl methyl sites for hydroxylation is 2. The van der Waals surface area contributed by atoms with Crippen LogP contribution in [0, 0.1) is 19.8 Å². The minimum absolute atomic E-state index is 0.0935. The van der Waals surface area contributed by atoms with E-state index in [0.717, 1.165) is 24.6 Å². The van der Waals surface area contributed by atoms with Gasteiger partial charge in [0, 0.05) is 12.2 Å². The van der Waals surface area contributed by atoms with E-state index in [4.69, 9.17) is 0 Å². The number of carbonyl (C=O) groups excluding carboxylic acids is 1. The number of carbonyl (C=O) groups is 1. The van der Waals surface area contributed by atoms with E-state index in [1.807, 2.05) is 18.2 Å².